The molecule has 0 saturated carbocycles. The molecule has 4 nitrogen and oxygen atoms in total. The van der Waals surface area contributed by atoms with Gasteiger partial charge in [0.1, 0.15) is 11.4 Å². The quantitative estimate of drug-likeness (QED) is 0.207. The van der Waals surface area contributed by atoms with E-state index in [-0.39, 0.29) is 6.04 Å². The standard InChI is InChI=1S/C44H29N3OS/c1-2-12-27(13-3-1)40-43-41(33-16-7-9-20-38(33)49-43)46-44(45-40)28-21-23-30-31-17-10-19-36(42(31)48-37(30)25-28)47-34-18-8-6-15-32(34)39-29-14-5-4-11-26(29)22-24-35(39)47/h1-26,29,40H,(H,45,46). The Morgan fingerprint density at radius 1 is 0.714 bits per heavy atom. The highest BCUT2D eigenvalue weighted by molar-refractivity contribution is 7.19. The van der Waals surface area contributed by atoms with Gasteiger partial charge in [0.15, 0.2) is 5.58 Å². The number of aliphatic imine (C=N–C) groups is 1. The van der Waals surface area contributed by atoms with Crippen LogP contribution in [0.3, 0.4) is 0 Å². The van der Waals surface area contributed by atoms with E-state index in [1.54, 1.807) is 0 Å². The molecule has 3 atom stereocenters. The van der Waals surface area contributed by atoms with Crippen molar-refractivity contribution in [2.24, 2.45) is 10.9 Å². The summed E-state index contributed by atoms with van der Waals surface area (Å²) < 4.78 is 10.5. The summed E-state index contributed by atoms with van der Waals surface area (Å²) in [6, 6.07) is 41.1. The van der Waals surface area contributed by atoms with Gasteiger partial charge in [-0.25, -0.2) is 4.99 Å². The third-order valence-electron chi connectivity index (χ3n) is 10.4. The normalized spacial score (nSPS) is 19.3. The number of amidine groups is 1. The third-order valence-corrected chi connectivity index (χ3v) is 11.7. The number of fused-ring (bicyclic) bond motifs is 11. The van der Waals surface area contributed by atoms with E-state index in [4.69, 9.17) is 9.41 Å². The number of furan rings is 1. The molecule has 0 radical (unpaired) electrons. The van der Waals surface area contributed by atoms with Crippen molar-refractivity contribution < 1.29 is 4.42 Å². The molecule has 232 valence electrons. The van der Waals surface area contributed by atoms with Gasteiger partial charge in [0.25, 0.3) is 0 Å². The van der Waals surface area contributed by atoms with E-state index < -0.39 is 0 Å². The van der Waals surface area contributed by atoms with E-state index in [2.05, 4.69) is 162 Å². The first-order valence-electron chi connectivity index (χ1n) is 16.8. The van der Waals surface area contributed by atoms with Crippen molar-refractivity contribution in [1.29, 1.82) is 0 Å². The first-order chi connectivity index (χ1) is 24.3. The smallest absolute Gasteiger partial charge is 0.159 e. The molecule has 11 rings (SSSR count). The van der Waals surface area contributed by atoms with E-state index in [0.717, 1.165) is 44.7 Å². The molecular formula is C44H29N3OS. The highest BCUT2D eigenvalue weighted by Gasteiger charge is 2.31. The predicted molar refractivity (Wildman–Crippen MR) is 204 cm³/mol. The van der Waals surface area contributed by atoms with Gasteiger partial charge >= 0.3 is 0 Å². The molecule has 3 aromatic heterocycles. The second-order valence-electron chi connectivity index (χ2n) is 13.1. The molecule has 3 unspecified atom stereocenters. The van der Waals surface area contributed by atoms with Crippen molar-refractivity contribution >= 4 is 71.9 Å². The summed E-state index contributed by atoms with van der Waals surface area (Å²) in [5.74, 6) is 1.54. The van der Waals surface area contributed by atoms with Crippen molar-refractivity contribution in [2.75, 3.05) is 0 Å². The summed E-state index contributed by atoms with van der Waals surface area (Å²) in [4.78, 5) is 6.51. The number of hydrogen-bond donors (Lipinski definition) is 1. The van der Waals surface area contributed by atoms with Crippen LogP contribution in [0.4, 0.5) is 5.69 Å². The van der Waals surface area contributed by atoms with Crippen LogP contribution in [0.2, 0.25) is 0 Å². The summed E-state index contributed by atoms with van der Waals surface area (Å²) in [5.41, 5.74) is 9.88. The molecule has 0 saturated heterocycles. The Kier molecular flexibility index (Phi) is 5.69. The van der Waals surface area contributed by atoms with Gasteiger partial charge in [-0.3, -0.25) is 0 Å². The van der Waals surface area contributed by atoms with Gasteiger partial charge in [-0.15, -0.1) is 11.3 Å². The van der Waals surface area contributed by atoms with E-state index in [1.165, 1.54) is 42.7 Å². The molecule has 0 fully saturated rings. The molecule has 4 heterocycles. The van der Waals surface area contributed by atoms with Gasteiger partial charge in [0.2, 0.25) is 0 Å². The Bertz CT molecular complexity index is 2770. The van der Waals surface area contributed by atoms with Gasteiger partial charge < -0.3 is 14.3 Å². The molecule has 2 aliphatic carbocycles. The van der Waals surface area contributed by atoms with Gasteiger partial charge in [0, 0.05) is 43.6 Å². The third kappa shape index (κ3) is 3.94. The lowest BCUT2D eigenvalue weighted by molar-refractivity contribution is 0.664. The van der Waals surface area contributed by atoms with Crippen molar-refractivity contribution in [1.82, 2.24) is 9.88 Å². The first kappa shape index (κ1) is 27.1. The Morgan fingerprint density at radius 2 is 1.53 bits per heavy atom. The second-order valence-corrected chi connectivity index (χ2v) is 14.2. The number of benzene rings is 5. The maximum absolute atomic E-state index is 6.87. The zero-order chi connectivity index (χ0) is 32.1. The number of allylic oxidation sites excluding steroid dienone is 5. The van der Waals surface area contributed by atoms with Crippen LogP contribution in [-0.2, 0) is 0 Å². The topological polar surface area (TPSA) is 42.5 Å². The highest BCUT2D eigenvalue weighted by atomic mass is 32.1. The first-order valence-corrected chi connectivity index (χ1v) is 17.7. The van der Waals surface area contributed by atoms with Crippen molar-refractivity contribution in [3.05, 3.63) is 173 Å². The van der Waals surface area contributed by atoms with Gasteiger partial charge in [-0.2, -0.15) is 0 Å². The molecule has 5 aromatic carbocycles. The van der Waals surface area contributed by atoms with Crippen molar-refractivity contribution in [3.63, 3.8) is 0 Å². The van der Waals surface area contributed by atoms with E-state index in [9.17, 15) is 0 Å². The molecular weight excluding hydrogens is 619 g/mol. The number of aromatic nitrogens is 1. The van der Waals surface area contributed by atoms with Gasteiger partial charge in [-0.1, -0.05) is 115 Å². The molecule has 1 aliphatic heterocycles. The van der Waals surface area contributed by atoms with Crippen LogP contribution >= 0.6 is 11.3 Å². The molecule has 0 amide bonds. The Balaban J connectivity index is 1.09. The number of nitrogens with one attached hydrogen (secondary N) is 1. The van der Waals surface area contributed by atoms with Gasteiger partial charge in [0.05, 0.1) is 33.5 Å². The summed E-state index contributed by atoms with van der Waals surface area (Å²) in [7, 11) is 0. The average Bonchev–Trinajstić information content (AvgIpc) is 3.84. The van der Waals surface area contributed by atoms with E-state index in [0.29, 0.717) is 11.8 Å². The van der Waals surface area contributed by atoms with E-state index >= 15 is 0 Å². The minimum absolute atomic E-state index is 0.00873. The fourth-order valence-corrected chi connectivity index (χ4v) is 9.42. The van der Waals surface area contributed by atoms with E-state index in [1.807, 2.05) is 11.3 Å². The summed E-state index contributed by atoms with van der Waals surface area (Å²) in [6.07, 6.45) is 13.6. The van der Waals surface area contributed by atoms with Crippen LogP contribution in [0.15, 0.2) is 155 Å². The fraction of sp³-hybridized carbons (Fsp3) is 0.0682. The molecule has 1 N–H and O–H groups in total. The van der Waals surface area contributed by atoms with Crippen LogP contribution in [-0.4, -0.2) is 10.4 Å². The molecule has 49 heavy (non-hydrogen) atoms. The van der Waals surface area contributed by atoms with Crippen LogP contribution in [0.1, 0.15) is 39.2 Å². The van der Waals surface area contributed by atoms with Gasteiger partial charge in [-0.05, 0) is 47.5 Å². The number of hydrogen-bond acceptors (Lipinski definition) is 4. The highest BCUT2D eigenvalue weighted by Crippen LogP contribution is 2.47. The minimum Gasteiger partial charge on any atom is -0.454 e. The zero-order valence-electron chi connectivity index (χ0n) is 26.4. The fourth-order valence-electron chi connectivity index (χ4n) is 8.20. The van der Waals surface area contributed by atoms with Crippen LogP contribution in [0, 0.1) is 5.92 Å². The lowest BCUT2D eigenvalue weighted by atomic mass is 9.78. The average molecular weight is 648 g/mol. The number of thiophene rings is 1. The largest absolute Gasteiger partial charge is 0.454 e. The Hall–Kier alpha value is -5.91. The van der Waals surface area contributed by atoms with Crippen molar-refractivity contribution in [3.8, 4) is 5.69 Å². The number of rotatable bonds is 3. The molecule has 5 heteroatoms. The summed E-state index contributed by atoms with van der Waals surface area (Å²) >= 11 is 1.82. The summed E-state index contributed by atoms with van der Waals surface area (Å²) in [5, 5.41) is 8.50. The maximum atomic E-state index is 6.87. The SMILES string of the molecule is C1=CC2C=Cc3c(c4ccccc4n3-c3cccc4c3oc3cc(C5=Nc6c(sc7ccccc67)C(c6ccccc6)N5)ccc34)C2C=C1. The molecule has 3 aliphatic rings. The predicted octanol–water partition coefficient (Wildman–Crippen LogP) is 11.4. The van der Waals surface area contributed by atoms with Crippen LogP contribution in [0.25, 0.3) is 54.7 Å². The molecule has 0 bridgehead atoms. The molecule has 8 aromatic rings. The minimum atomic E-state index is 0.00873. The Morgan fingerprint density at radius 3 is 2.47 bits per heavy atom. The number of para-hydroxylation sites is 2. The number of nitrogens with zero attached hydrogens (tertiary/aromatic N) is 2. The zero-order valence-corrected chi connectivity index (χ0v) is 27.2. The van der Waals surface area contributed by atoms with Crippen LogP contribution in [0.5, 0.6) is 0 Å². The lowest BCUT2D eigenvalue weighted by Gasteiger charge is -2.26. The van der Waals surface area contributed by atoms with Crippen molar-refractivity contribution in [2.45, 2.75) is 12.0 Å². The second kappa shape index (κ2) is 10.3. The maximum Gasteiger partial charge on any atom is 0.159 e. The lowest BCUT2D eigenvalue weighted by Crippen LogP contribution is -2.32. The summed E-state index contributed by atoms with van der Waals surface area (Å²) in [6.45, 7) is 0. The molecule has 0 spiro atoms. The van der Waals surface area contributed by atoms with Crippen LogP contribution < -0.4 is 5.32 Å². The monoisotopic (exact) mass is 647 g/mol. The Labute approximate surface area is 286 Å².